The fourth-order valence-electron chi connectivity index (χ4n) is 2.78. The molecule has 2 aromatic rings. The first-order valence-corrected chi connectivity index (χ1v) is 8.39. The van der Waals surface area contributed by atoms with Crippen molar-refractivity contribution in [1.29, 1.82) is 0 Å². The average molecular weight is 385 g/mol. The van der Waals surface area contributed by atoms with Gasteiger partial charge in [-0.25, -0.2) is 9.69 Å². The van der Waals surface area contributed by atoms with Crippen LogP contribution >= 0.6 is 11.6 Å². The van der Waals surface area contributed by atoms with Crippen molar-refractivity contribution in [2.45, 2.75) is 6.92 Å². The Hall–Kier alpha value is -3.32. The lowest BCUT2D eigenvalue weighted by atomic mass is 10.1. The second-order valence-electron chi connectivity index (χ2n) is 6.02. The largest absolute Gasteiger partial charge is 0.454 e. The molecule has 2 aliphatic rings. The van der Waals surface area contributed by atoms with Crippen LogP contribution in [0.1, 0.15) is 11.1 Å². The number of carbonyl (C=O) groups is 3. The number of halogens is 1. The minimum atomic E-state index is -0.803. The molecule has 1 N–H and O–H groups in total. The number of barbiturate groups is 1. The van der Waals surface area contributed by atoms with Crippen LogP contribution in [0, 0.1) is 6.92 Å². The van der Waals surface area contributed by atoms with Crippen LogP contribution < -0.4 is 19.7 Å². The van der Waals surface area contributed by atoms with Gasteiger partial charge in [-0.15, -0.1) is 0 Å². The molecule has 0 aromatic heterocycles. The lowest BCUT2D eigenvalue weighted by Gasteiger charge is -2.26. The molecule has 0 bridgehead atoms. The van der Waals surface area contributed by atoms with E-state index in [0.717, 1.165) is 10.5 Å². The van der Waals surface area contributed by atoms with Gasteiger partial charge in [-0.3, -0.25) is 14.9 Å². The van der Waals surface area contributed by atoms with E-state index in [-0.39, 0.29) is 17.4 Å². The molecule has 0 radical (unpaired) electrons. The highest BCUT2D eigenvalue weighted by atomic mass is 35.5. The maximum absolute atomic E-state index is 12.9. The van der Waals surface area contributed by atoms with E-state index in [1.54, 1.807) is 36.4 Å². The molecule has 136 valence electrons. The number of ether oxygens (including phenoxy) is 2. The molecule has 2 aliphatic heterocycles. The number of hydrogen-bond acceptors (Lipinski definition) is 5. The van der Waals surface area contributed by atoms with Crippen LogP contribution in [0.4, 0.5) is 10.5 Å². The number of carbonyl (C=O) groups excluding carboxylic acids is 3. The van der Waals surface area contributed by atoms with E-state index in [2.05, 4.69) is 5.32 Å². The summed E-state index contributed by atoms with van der Waals surface area (Å²) in [5, 5.41) is 2.46. The first-order chi connectivity index (χ1) is 12.9. The van der Waals surface area contributed by atoms with E-state index in [9.17, 15) is 14.4 Å². The summed E-state index contributed by atoms with van der Waals surface area (Å²) in [6.07, 6.45) is 1.33. The predicted octanol–water partition coefficient (Wildman–Crippen LogP) is 3.04. The van der Waals surface area contributed by atoms with Gasteiger partial charge in [0, 0.05) is 6.07 Å². The minimum Gasteiger partial charge on any atom is -0.454 e. The third-order valence-corrected chi connectivity index (χ3v) is 4.51. The van der Waals surface area contributed by atoms with Crippen molar-refractivity contribution >= 4 is 41.2 Å². The zero-order chi connectivity index (χ0) is 19.1. The van der Waals surface area contributed by atoms with E-state index in [1.165, 1.54) is 6.08 Å². The summed E-state index contributed by atoms with van der Waals surface area (Å²) < 4.78 is 10.5. The standard InChI is InChI=1S/C19H13ClN2O5/c1-10-2-4-12(5-3-10)22-18(24)13(17(23)21-19(22)25)6-11-7-15-16(8-14(11)20)27-9-26-15/h2-8H,9H2,1H3,(H,21,23,25). The number of urea groups is 1. The summed E-state index contributed by atoms with van der Waals surface area (Å²) >= 11 is 6.22. The number of anilines is 1. The fraction of sp³-hybridized carbons (Fsp3) is 0.105. The number of benzene rings is 2. The lowest BCUT2D eigenvalue weighted by Crippen LogP contribution is -2.54. The van der Waals surface area contributed by atoms with Gasteiger partial charge in [0.1, 0.15) is 5.57 Å². The number of hydrogen-bond donors (Lipinski definition) is 1. The molecule has 7 nitrogen and oxygen atoms in total. The summed E-state index contributed by atoms with van der Waals surface area (Å²) in [6, 6.07) is 9.12. The number of imide groups is 2. The Balaban J connectivity index is 1.75. The monoisotopic (exact) mass is 384 g/mol. The van der Waals surface area contributed by atoms with E-state index in [4.69, 9.17) is 21.1 Å². The SMILES string of the molecule is Cc1ccc(N2C(=O)NC(=O)C(=Cc3cc4c(cc3Cl)OCO4)C2=O)cc1. The normalized spacial score (nSPS) is 17.5. The Kier molecular flexibility index (Phi) is 4.08. The smallest absolute Gasteiger partial charge is 0.335 e. The third-order valence-electron chi connectivity index (χ3n) is 4.19. The molecule has 0 saturated carbocycles. The van der Waals surface area contributed by atoms with Crippen LogP contribution in [0.5, 0.6) is 11.5 Å². The molecule has 0 unspecified atom stereocenters. The quantitative estimate of drug-likeness (QED) is 0.635. The van der Waals surface area contributed by atoms with E-state index < -0.39 is 17.8 Å². The number of nitrogens with one attached hydrogen (secondary N) is 1. The van der Waals surface area contributed by atoms with Crippen LogP contribution in [0.2, 0.25) is 5.02 Å². The first-order valence-electron chi connectivity index (χ1n) is 8.01. The van der Waals surface area contributed by atoms with Crippen LogP contribution in [-0.4, -0.2) is 24.6 Å². The number of amides is 4. The predicted molar refractivity (Wildman–Crippen MR) is 97.8 cm³/mol. The van der Waals surface area contributed by atoms with Crippen LogP contribution in [0.15, 0.2) is 42.0 Å². The first kappa shape index (κ1) is 17.1. The lowest BCUT2D eigenvalue weighted by molar-refractivity contribution is -0.122. The molecular formula is C19H13ClN2O5. The zero-order valence-corrected chi connectivity index (χ0v) is 14.9. The number of aryl methyl sites for hydroxylation is 1. The summed E-state index contributed by atoms with van der Waals surface area (Å²) in [6.45, 7) is 1.96. The molecule has 0 aliphatic carbocycles. The van der Waals surface area contributed by atoms with Crippen molar-refractivity contribution in [2.24, 2.45) is 0 Å². The van der Waals surface area contributed by atoms with Gasteiger partial charge in [-0.05, 0) is 36.8 Å². The Morgan fingerprint density at radius 2 is 1.74 bits per heavy atom. The number of nitrogens with zero attached hydrogens (tertiary/aromatic N) is 1. The maximum atomic E-state index is 12.9. The Bertz CT molecular complexity index is 1010. The average Bonchev–Trinajstić information content (AvgIpc) is 3.07. The maximum Gasteiger partial charge on any atom is 0.335 e. The Morgan fingerprint density at radius 3 is 2.44 bits per heavy atom. The molecule has 2 aromatic carbocycles. The van der Waals surface area contributed by atoms with Crippen molar-refractivity contribution in [1.82, 2.24) is 5.32 Å². The summed E-state index contributed by atoms with van der Waals surface area (Å²) in [7, 11) is 0. The third kappa shape index (κ3) is 3.02. The van der Waals surface area contributed by atoms with Gasteiger partial charge in [0.2, 0.25) is 6.79 Å². The second-order valence-corrected chi connectivity index (χ2v) is 6.43. The zero-order valence-electron chi connectivity index (χ0n) is 14.1. The van der Waals surface area contributed by atoms with Gasteiger partial charge in [0.05, 0.1) is 10.7 Å². The van der Waals surface area contributed by atoms with Crippen molar-refractivity contribution < 1.29 is 23.9 Å². The molecule has 1 saturated heterocycles. The highest BCUT2D eigenvalue weighted by Crippen LogP contribution is 2.37. The highest BCUT2D eigenvalue weighted by molar-refractivity contribution is 6.40. The molecule has 0 atom stereocenters. The number of rotatable bonds is 2. The van der Waals surface area contributed by atoms with Crippen LogP contribution in [-0.2, 0) is 9.59 Å². The van der Waals surface area contributed by atoms with Gasteiger partial charge in [-0.2, -0.15) is 0 Å². The van der Waals surface area contributed by atoms with E-state index in [0.29, 0.717) is 22.7 Å². The van der Waals surface area contributed by atoms with Crippen molar-refractivity contribution in [3.8, 4) is 11.5 Å². The van der Waals surface area contributed by atoms with Crippen molar-refractivity contribution in [3.63, 3.8) is 0 Å². The molecule has 0 spiro atoms. The topological polar surface area (TPSA) is 84.9 Å². The van der Waals surface area contributed by atoms with Crippen LogP contribution in [0.3, 0.4) is 0 Å². The second kappa shape index (κ2) is 6.44. The summed E-state index contributed by atoms with van der Waals surface area (Å²) in [5.41, 5.74) is 1.52. The van der Waals surface area contributed by atoms with Gasteiger partial charge >= 0.3 is 6.03 Å². The summed E-state index contributed by atoms with van der Waals surface area (Å²) in [5.74, 6) is -0.581. The molecular weight excluding hydrogens is 372 g/mol. The molecule has 4 amide bonds. The molecule has 27 heavy (non-hydrogen) atoms. The summed E-state index contributed by atoms with van der Waals surface area (Å²) in [4.78, 5) is 38.2. The van der Waals surface area contributed by atoms with Gasteiger partial charge in [-0.1, -0.05) is 29.3 Å². The van der Waals surface area contributed by atoms with Crippen LogP contribution in [0.25, 0.3) is 6.08 Å². The highest BCUT2D eigenvalue weighted by Gasteiger charge is 2.37. The van der Waals surface area contributed by atoms with Crippen molar-refractivity contribution in [2.75, 3.05) is 11.7 Å². The Morgan fingerprint density at radius 1 is 1.07 bits per heavy atom. The Labute approximate surface area is 159 Å². The van der Waals surface area contributed by atoms with Gasteiger partial charge in [0.25, 0.3) is 11.8 Å². The molecule has 4 rings (SSSR count). The molecule has 8 heteroatoms. The molecule has 2 heterocycles. The van der Waals surface area contributed by atoms with E-state index in [1.807, 2.05) is 6.92 Å². The van der Waals surface area contributed by atoms with Gasteiger partial charge < -0.3 is 9.47 Å². The number of fused-ring (bicyclic) bond motifs is 1. The molecule has 1 fully saturated rings. The van der Waals surface area contributed by atoms with Gasteiger partial charge in [0.15, 0.2) is 11.5 Å². The minimum absolute atomic E-state index is 0.0702. The van der Waals surface area contributed by atoms with E-state index >= 15 is 0 Å². The van der Waals surface area contributed by atoms with Crippen molar-refractivity contribution in [3.05, 3.63) is 58.1 Å². The fourth-order valence-corrected chi connectivity index (χ4v) is 2.99.